The molecule has 18 nitrogen and oxygen atoms in total. The van der Waals surface area contributed by atoms with Gasteiger partial charge in [-0.25, -0.2) is 39.9 Å². The average molecular weight is 1330 g/mol. The fourth-order valence-corrected chi connectivity index (χ4v) is 11.3. The van der Waals surface area contributed by atoms with E-state index in [-0.39, 0.29) is 11.7 Å². The zero-order chi connectivity index (χ0) is 69.6. The first kappa shape index (κ1) is 73.1. The lowest BCUT2D eigenvalue weighted by atomic mass is 9.98. The highest BCUT2D eigenvalue weighted by Crippen LogP contribution is 2.26. The van der Waals surface area contributed by atoms with Gasteiger partial charge in [-0.1, -0.05) is 153 Å². The summed E-state index contributed by atoms with van der Waals surface area (Å²) in [6.07, 6.45) is 14.1. The number of nitrogens with zero attached hydrogens (tertiary/aromatic N) is 10. The fraction of sp³-hybridized carbons (Fsp3) is 0.333. The number of ether oxygens (including phenoxy) is 1. The molecule has 1 amide bonds. The summed E-state index contributed by atoms with van der Waals surface area (Å²) in [6.45, 7) is 27.3. The summed E-state index contributed by atoms with van der Waals surface area (Å²) in [7, 11) is 0. The molecular weight excluding hydrogens is 1230 g/mol. The molecule has 0 bridgehead atoms. The molecule has 0 atom stereocenters. The van der Waals surface area contributed by atoms with Crippen LogP contribution in [0.25, 0.3) is 22.5 Å². The molecule has 0 radical (unpaired) electrons. The van der Waals surface area contributed by atoms with Crippen LogP contribution in [0.5, 0.6) is 0 Å². The van der Waals surface area contributed by atoms with Crippen LogP contribution in [-0.4, -0.2) is 133 Å². The number of hydrogen-bond acceptors (Lipinski definition) is 17. The molecule has 2 fully saturated rings. The molecule has 5 N–H and O–H groups in total. The number of piperidine rings is 1. The third-order valence-corrected chi connectivity index (χ3v) is 16.9. The number of Topliss-reactive ketones (excluding diaryl/α,β-unsaturated/α-hetero) is 1. The van der Waals surface area contributed by atoms with Gasteiger partial charge in [0.2, 0.25) is 0 Å². The van der Waals surface area contributed by atoms with E-state index in [2.05, 4.69) is 166 Å². The largest absolute Gasteiger partial charge is 0.379 e. The summed E-state index contributed by atoms with van der Waals surface area (Å²) in [4.78, 5) is 63.8. The number of likely N-dealkylation sites (tertiary alicyclic amines) is 1. The monoisotopic (exact) mass is 1330 g/mol. The molecule has 0 aliphatic carbocycles. The van der Waals surface area contributed by atoms with Gasteiger partial charge in [-0.15, -0.1) is 0 Å². The maximum absolute atomic E-state index is 12.2. The van der Waals surface area contributed by atoms with Crippen LogP contribution in [0.1, 0.15) is 124 Å². The maximum atomic E-state index is 12.2. The van der Waals surface area contributed by atoms with Crippen molar-refractivity contribution in [1.29, 1.82) is 0 Å². The average Bonchev–Trinajstić information content (AvgIpc) is 0.897. The minimum atomic E-state index is -0.0687. The Kier molecular flexibility index (Phi) is 28.6. The Labute approximate surface area is 585 Å². The van der Waals surface area contributed by atoms with Crippen molar-refractivity contribution in [3.63, 3.8) is 0 Å². The highest BCUT2D eigenvalue weighted by Gasteiger charge is 2.17. The fourth-order valence-electron chi connectivity index (χ4n) is 11.3. The van der Waals surface area contributed by atoms with Crippen LogP contribution in [0.2, 0.25) is 0 Å². The summed E-state index contributed by atoms with van der Waals surface area (Å²) < 4.78 is 5.36. The van der Waals surface area contributed by atoms with Crippen LogP contribution in [0.3, 0.4) is 0 Å². The number of nitrogens with one attached hydrogen (secondary N) is 5. The van der Waals surface area contributed by atoms with Gasteiger partial charge in [0.15, 0.2) is 5.78 Å². The van der Waals surface area contributed by atoms with Crippen LogP contribution in [-0.2, 0) is 24.0 Å². The first-order valence-electron chi connectivity index (χ1n) is 34.7. The van der Waals surface area contributed by atoms with Gasteiger partial charge >= 0.3 is 0 Å². The lowest BCUT2D eigenvalue weighted by Crippen LogP contribution is -2.39. The highest BCUT2D eigenvalue weighted by atomic mass is 16.5. The van der Waals surface area contributed by atoms with E-state index >= 15 is 0 Å². The summed E-state index contributed by atoms with van der Waals surface area (Å²) in [5.41, 5.74) is 17.6. The first-order valence-corrected chi connectivity index (χ1v) is 34.7. The molecular formula is C81H97N15O3. The quantitative estimate of drug-likeness (QED) is 0.0356. The summed E-state index contributed by atoms with van der Waals surface area (Å²) in [6, 6.07) is 54.3. The third kappa shape index (κ3) is 24.7. The second-order valence-electron chi connectivity index (χ2n) is 25.7. The molecule has 99 heavy (non-hydrogen) atoms. The van der Waals surface area contributed by atoms with E-state index in [0.717, 1.165) is 135 Å². The number of hydrogen-bond donors (Lipinski definition) is 5. The molecule has 18 heteroatoms. The molecule has 2 saturated heterocycles. The molecule has 6 heterocycles. The molecule has 10 aromatic rings. The molecule has 514 valence electrons. The van der Waals surface area contributed by atoms with Gasteiger partial charge in [-0.05, 0) is 133 Å². The Hall–Kier alpha value is -10.1. The van der Waals surface area contributed by atoms with Crippen molar-refractivity contribution >= 4 is 46.3 Å². The standard InChI is InChI=1S/C23H34N4.C21H22N4O.C19H17N3O.C18H24N4O/c1-18(2)15-21-22(16-20-9-7-19(3)8-10-20)25-17-26-23(21)24-11-14-27-12-5-4-6-13-27;1-3-11-22-21(26)17-6-4-5-16(12-17)19-13-20(24-14-23-19)25-18-9-7-15(2)8-10-18;1-13-6-8-17(9-7-13)22-19-11-18(20-12-21-19)16-5-3-4-15(10-16)14(2)23;1-15-2-4-16(5-3-15)12-17-13-18(21-14-20-17)19-6-7-22-8-10-23-11-9-22/h7-10,17-18H,4-6,11-16H2,1-3H3,(H,24,25,26);4-10,12-14H,3,11H2,1-2H3,(H,22,26)(H,23,24,25);3-12H,1-2H3,(H,20,21,22);2-5,13-14H,6-12H2,1H3,(H,19,20,21). The van der Waals surface area contributed by atoms with Gasteiger partial charge in [0.25, 0.3) is 5.91 Å². The van der Waals surface area contributed by atoms with Gasteiger partial charge in [0.05, 0.1) is 36.0 Å². The first-order chi connectivity index (χ1) is 48.2. The second kappa shape index (κ2) is 38.7. The number of rotatable bonds is 24. The molecule has 0 spiro atoms. The zero-order valence-corrected chi connectivity index (χ0v) is 58.9. The van der Waals surface area contributed by atoms with Crippen LogP contribution in [0, 0.1) is 33.6 Å². The molecule has 2 aliphatic heterocycles. The van der Waals surface area contributed by atoms with Crippen LogP contribution >= 0.6 is 0 Å². The smallest absolute Gasteiger partial charge is 0.251 e. The number of aryl methyl sites for hydroxylation is 4. The van der Waals surface area contributed by atoms with Crippen LogP contribution in [0.4, 0.5) is 34.6 Å². The summed E-state index contributed by atoms with van der Waals surface area (Å²) in [5.74, 6) is 3.90. The van der Waals surface area contributed by atoms with E-state index in [4.69, 9.17) is 4.74 Å². The van der Waals surface area contributed by atoms with Crippen LogP contribution < -0.4 is 26.6 Å². The Morgan fingerprint density at radius 2 is 0.990 bits per heavy atom. The maximum Gasteiger partial charge on any atom is 0.251 e. The van der Waals surface area contributed by atoms with Gasteiger partial charge in [0.1, 0.15) is 48.6 Å². The normalized spacial score (nSPS) is 12.9. The van der Waals surface area contributed by atoms with Gasteiger partial charge in [-0.3, -0.25) is 14.5 Å². The number of ketones is 1. The lowest BCUT2D eigenvalue weighted by molar-refractivity contribution is 0.0398. The van der Waals surface area contributed by atoms with Gasteiger partial charge in [0, 0.05) is 116 Å². The predicted octanol–water partition coefficient (Wildman–Crippen LogP) is 15.3. The predicted molar refractivity (Wildman–Crippen MR) is 402 cm³/mol. The van der Waals surface area contributed by atoms with Crippen molar-refractivity contribution in [3.05, 3.63) is 251 Å². The van der Waals surface area contributed by atoms with E-state index in [1.165, 1.54) is 84.0 Å². The molecule has 4 aromatic heterocycles. The number of amides is 1. The Balaban J connectivity index is 0.000000155. The van der Waals surface area contributed by atoms with Crippen molar-refractivity contribution in [2.24, 2.45) is 5.92 Å². The Morgan fingerprint density at radius 3 is 1.55 bits per heavy atom. The summed E-state index contributed by atoms with van der Waals surface area (Å²) in [5, 5.41) is 16.4. The van der Waals surface area contributed by atoms with E-state index in [0.29, 0.717) is 35.2 Å². The minimum Gasteiger partial charge on any atom is -0.379 e. The van der Waals surface area contributed by atoms with Gasteiger partial charge < -0.3 is 36.2 Å². The SMILES string of the molecule is CC(=O)c1cccc(-c2cc(Nc3ccc(C)cc3)ncn2)c1.CCCNC(=O)c1cccc(-c2cc(Nc3ccc(C)cc3)ncn2)c1.Cc1ccc(Cc2cc(NCCN3CCOCC3)ncn2)cc1.Cc1ccc(Cc2ncnc(NCCN3CCCCC3)c2CC(C)C)cc1. The molecule has 2 aliphatic rings. The molecule has 6 aromatic carbocycles. The second-order valence-corrected chi connectivity index (χ2v) is 25.7. The minimum absolute atomic E-state index is 0.0407. The van der Waals surface area contributed by atoms with E-state index < -0.39 is 0 Å². The van der Waals surface area contributed by atoms with E-state index in [1.807, 2.05) is 110 Å². The van der Waals surface area contributed by atoms with Gasteiger partial charge in [-0.2, -0.15) is 0 Å². The van der Waals surface area contributed by atoms with Crippen molar-refractivity contribution in [2.75, 3.05) is 93.4 Å². The van der Waals surface area contributed by atoms with Crippen molar-refractivity contribution < 1.29 is 14.3 Å². The number of anilines is 6. The number of aromatic nitrogens is 8. The molecule has 0 unspecified atom stereocenters. The van der Waals surface area contributed by atoms with E-state index in [1.54, 1.807) is 31.7 Å². The number of carbonyl (C=O) groups is 2. The third-order valence-electron chi connectivity index (χ3n) is 16.9. The summed E-state index contributed by atoms with van der Waals surface area (Å²) >= 11 is 0. The zero-order valence-electron chi connectivity index (χ0n) is 58.9. The molecule has 0 saturated carbocycles. The number of benzene rings is 6. The number of carbonyl (C=O) groups excluding carboxylic acids is 2. The number of morpholine rings is 1. The highest BCUT2D eigenvalue weighted by molar-refractivity contribution is 5.96. The van der Waals surface area contributed by atoms with Crippen molar-refractivity contribution in [2.45, 2.75) is 100 Å². The van der Waals surface area contributed by atoms with Crippen molar-refractivity contribution in [1.82, 2.24) is 55.0 Å². The lowest BCUT2D eigenvalue weighted by Gasteiger charge is -2.26. The Morgan fingerprint density at radius 1 is 0.495 bits per heavy atom. The Bertz CT molecular complexity index is 4100. The van der Waals surface area contributed by atoms with E-state index in [9.17, 15) is 9.59 Å². The van der Waals surface area contributed by atoms with Crippen molar-refractivity contribution in [3.8, 4) is 22.5 Å². The topological polar surface area (TPSA) is 213 Å². The molecule has 12 rings (SSSR count). The van der Waals surface area contributed by atoms with Crippen LogP contribution in [0.15, 0.2) is 189 Å².